The highest BCUT2D eigenvalue weighted by Crippen LogP contribution is 2.27. The Morgan fingerprint density at radius 3 is 3.06 bits per heavy atom. The van der Waals surface area contributed by atoms with Crippen molar-refractivity contribution < 1.29 is 0 Å². The van der Waals surface area contributed by atoms with Crippen LogP contribution < -0.4 is 0 Å². The number of pyridine rings is 1. The van der Waals surface area contributed by atoms with Crippen molar-refractivity contribution in [2.45, 2.75) is 11.9 Å². The van der Waals surface area contributed by atoms with Crippen LogP contribution in [-0.2, 0) is 0 Å². The standard InChI is InChI=1S/C12H9ClN2S/c1-8-7-11(16-6-5-14)15-12-9(8)3-2-4-10(12)13/h2-4,7H,6H2,1H3. The van der Waals surface area contributed by atoms with Crippen LogP contribution in [0.25, 0.3) is 10.9 Å². The molecule has 16 heavy (non-hydrogen) atoms. The molecule has 0 aliphatic carbocycles. The second-order valence-corrected chi connectivity index (χ2v) is 4.76. The number of aryl methyl sites for hydroxylation is 1. The summed E-state index contributed by atoms with van der Waals surface area (Å²) in [6.45, 7) is 2.02. The molecule has 2 aromatic rings. The van der Waals surface area contributed by atoms with Crippen LogP contribution in [0, 0.1) is 18.3 Å². The molecule has 2 rings (SSSR count). The maximum Gasteiger partial charge on any atom is 0.0980 e. The summed E-state index contributed by atoms with van der Waals surface area (Å²) in [4.78, 5) is 4.45. The summed E-state index contributed by atoms with van der Waals surface area (Å²) in [5.41, 5.74) is 1.94. The van der Waals surface area contributed by atoms with E-state index in [1.54, 1.807) is 0 Å². The van der Waals surface area contributed by atoms with E-state index in [1.807, 2.05) is 31.2 Å². The summed E-state index contributed by atoms with van der Waals surface area (Å²) >= 11 is 7.53. The van der Waals surface area contributed by atoms with Gasteiger partial charge in [-0.1, -0.05) is 35.5 Å². The lowest BCUT2D eigenvalue weighted by atomic mass is 10.1. The Hall–Kier alpha value is -1.24. The molecule has 4 heteroatoms. The second kappa shape index (κ2) is 4.73. The molecule has 0 unspecified atom stereocenters. The third-order valence-electron chi connectivity index (χ3n) is 2.26. The zero-order valence-electron chi connectivity index (χ0n) is 8.70. The maximum absolute atomic E-state index is 8.54. The lowest BCUT2D eigenvalue weighted by Crippen LogP contribution is -1.88. The van der Waals surface area contributed by atoms with E-state index in [9.17, 15) is 0 Å². The van der Waals surface area contributed by atoms with E-state index in [4.69, 9.17) is 16.9 Å². The van der Waals surface area contributed by atoms with Crippen molar-refractivity contribution in [3.63, 3.8) is 0 Å². The number of hydrogen-bond donors (Lipinski definition) is 0. The molecule has 0 fully saturated rings. The number of nitriles is 1. The predicted molar refractivity (Wildman–Crippen MR) is 67.8 cm³/mol. The van der Waals surface area contributed by atoms with Crippen LogP contribution in [0.1, 0.15) is 5.56 Å². The molecule has 1 aromatic carbocycles. The molecule has 0 saturated carbocycles. The Balaban J connectivity index is 2.57. The average molecular weight is 249 g/mol. The molecule has 80 valence electrons. The molecular formula is C12H9ClN2S. The van der Waals surface area contributed by atoms with Crippen LogP contribution >= 0.6 is 23.4 Å². The lowest BCUT2D eigenvalue weighted by molar-refractivity contribution is 1.17. The van der Waals surface area contributed by atoms with Gasteiger partial charge in [-0.05, 0) is 24.6 Å². The Labute approximate surface area is 103 Å². The van der Waals surface area contributed by atoms with E-state index in [1.165, 1.54) is 11.8 Å². The molecule has 1 aromatic heterocycles. The van der Waals surface area contributed by atoms with Gasteiger partial charge in [0.15, 0.2) is 0 Å². The van der Waals surface area contributed by atoms with Gasteiger partial charge >= 0.3 is 0 Å². The van der Waals surface area contributed by atoms with Gasteiger partial charge < -0.3 is 0 Å². The number of rotatable bonds is 2. The number of fused-ring (bicyclic) bond motifs is 1. The van der Waals surface area contributed by atoms with Crippen LogP contribution in [0.2, 0.25) is 5.02 Å². The fraction of sp³-hybridized carbons (Fsp3) is 0.167. The summed E-state index contributed by atoms with van der Waals surface area (Å²) in [6, 6.07) is 9.82. The van der Waals surface area contributed by atoms with Crippen LogP contribution in [-0.4, -0.2) is 10.7 Å². The molecule has 0 aliphatic rings. The van der Waals surface area contributed by atoms with E-state index in [2.05, 4.69) is 11.1 Å². The first kappa shape index (κ1) is 11.3. The number of para-hydroxylation sites is 1. The molecule has 0 radical (unpaired) electrons. The average Bonchev–Trinajstić information content (AvgIpc) is 2.28. The number of aromatic nitrogens is 1. The zero-order valence-corrected chi connectivity index (χ0v) is 10.3. The highest BCUT2D eigenvalue weighted by atomic mass is 35.5. The molecule has 0 N–H and O–H groups in total. The zero-order chi connectivity index (χ0) is 11.5. The van der Waals surface area contributed by atoms with Gasteiger partial charge in [-0.15, -0.1) is 0 Å². The van der Waals surface area contributed by atoms with Gasteiger partial charge in [-0.2, -0.15) is 5.26 Å². The predicted octanol–water partition coefficient (Wildman–Crippen LogP) is 3.81. The summed E-state index contributed by atoms with van der Waals surface area (Å²) < 4.78 is 0. The highest BCUT2D eigenvalue weighted by Gasteiger charge is 2.05. The minimum Gasteiger partial charge on any atom is -0.240 e. The van der Waals surface area contributed by atoms with Crippen LogP contribution in [0.4, 0.5) is 0 Å². The monoisotopic (exact) mass is 248 g/mol. The van der Waals surface area contributed by atoms with Crippen molar-refractivity contribution in [2.75, 3.05) is 5.75 Å². The number of hydrogen-bond acceptors (Lipinski definition) is 3. The number of benzene rings is 1. The fourth-order valence-corrected chi connectivity index (χ4v) is 2.38. The van der Waals surface area contributed by atoms with Gasteiger partial charge in [-0.25, -0.2) is 4.98 Å². The summed E-state index contributed by atoms with van der Waals surface area (Å²) in [5, 5.41) is 11.1. The Bertz CT molecular complexity index is 575. The number of nitrogens with zero attached hydrogens (tertiary/aromatic N) is 2. The Morgan fingerprint density at radius 1 is 1.50 bits per heavy atom. The molecule has 0 spiro atoms. The van der Waals surface area contributed by atoms with Crippen molar-refractivity contribution in [1.29, 1.82) is 5.26 Å². The van der Waals surface area contributed by atoms with Gasteiger partial charge in [-0.3, -0.25) is 0 Å². The molecule has 0 atom stereocenters. The van der Waals surface area contributed by atoms with Crippen molar-refractivity contribution in [2.24, 2.45) is 0 Å². The molecule has 2 nitrogen and oxygen atoms in total. The van der Waals surface area contributed by atoms with Gasteiger partial charge in [0.05, 0.1) is 27.4 Å². The van der Waals surface area contributed by atoms with E-state index >= 15 is 0 Å². The molecular weight excluding hydrogens is 240 g/mol. The third-order valence-corrected chi connectivity index (χ3v) is 3.34. The van der Waals surface area contributed by atoms with Crippen molar-refractivity contribution in [1.82, 2.24) is 4.98 Å². The van der Waals surface area contributed by atoms with E-state index in [0.29, 0.717) is 10.8 Å². The van der Waals surface area contributed by atoms with Gasteiger partial charge in [0, 0.05) is 5.39 Å². The third kappa shape index (κ3) is 2.13. The van der Waals surface area contributed by atoms with Crippen LogP contribution in [0.5, 0.6) is 0 Å². The van der Waals surface area contributed by atoms with Crippen molar-refractivity contribution in [3.8, 4) is 6.07 Å². The minimum atomic E-state index is 0.405. The molecule has 0 amide bonds. The quantitative estimate of drug-likeness (QED) is 0.759. The molecule has 1 heterocycles. The van der Waals surface area contributed by atoms with Gasteiger partial charge in [0.2, 0.25) is 0 Å². The van der Waals surface area contributed by atoms with Crippen LogP contribution in [0.15, 0.2) is 29.3 Å². The summed E-state index contributed by atoms with van der Waals surface area (Å²) in [7, 11) is 0. The van der Waals surface area contributed by atoms with Gasteiger partial charge in [0.25, 0.3) is 0 Å². The first-order valence-corrected chi connectivity index (χ1v) is 6.14. The normalized spacial score (nSPS) is 10.3. The second-order valence-electron chi connectivity index (χ2n) is 3.36. The van der Waals surface area contributed by atoms with E-state index in [0.717, 1.165) is 21.5 Å². The number of thioether (sulfide) groups is 1. The van der Waals surface area contributed by atoms with E-state index in [-0.39, 0.29) is 0 Å². The topological polar surface area (TPSA) is 36.7 Å². The molecule has 0 bridgehead atoms. The van der Waals surface area contributed by atoms with Crippen LogP contribution in [0.3, 0.4) is 0 Å². The Kier molecular flexibility index (Phi) is 3.33. The fourth-order valence-electron chi connectivity index (χ4n) is 1.53. The Morgan fingerprint density at radius 2 is 2.31 bits per heavy atom. The van der Waals surface area contributed by atoms with Crippen molar-refractivity contribution >= 4 is 34.3 Å². The first-order valence-electron chi connectivity index (χ1n) is 4.78. The molecule has 0 saturated heterocycles. The SMILES string of the molecule is Cc1cc(SCC#N)nc2c(Cl)cccc12. The first-order chi connectivity index (χ1) is 7.72. The van der Waals surface area contributed by atoms with Gasteiger partial charge in [0.1, 0.15) is 0 Å². The smallest absolute Gasteiger partial charge is 0.0980 e. The van der Waals surface area contributed by atoms with Crippen molar-refractivity contribution in [3.05, 3.63) is 34.9 Å². The van der Waals surface area contributed by atoms with E-state index < -0.39 is 0 Å². The largest absolute Gasteiger partial charge is 0.240 e. The number of halogens is 1. The summed E-state index contributed by atoms with van der Waals surface area (Å²) in [6.07, 6.45) is 0. The highest BCUT2D eigenvalue weighted by molar-refractivity contribution is 7.99. The molecule has 0 aliphatic heterocycles. The maximum atomic E-state index is 8.54. The summed E-state index contributed by atoms with van der Waals surface area (Å²) in [5.74, 6) is 0.405. The lowest BCUT2D eigenvalue weighted by Gasteiger charge is -2.05. The minimum absolute atomic E-state index is 0.405.